The van der Waals surface area contributed by atoms with E-state index < -0.39 is 0 Å². The zero-order valence-electron chi connectivity index (χ0n) is 18.6. The van der Waals surface area contributed by atoms with Gasteiger partial charge in [0.1, 0.15) is 17.1 Å². The molecule has 0 unspecified atom stereocenters. The molecule has 0 saturated heterocycles. The highest BCUT2D eigenvalue weighted by Crippen LogP contribution is 2.38. The molecule has 0 spiro atoms. The second-order valence-electron chi connectivity index (χ2n) is 8.25. The van der Waals surface area contributed by atoms with Crippen molar-refractivity contribution in [2.75, 3.05) is 11.9 Å². The largest absolute Gasteiger partial charge is 0.493 e. The number of furan rings is 1. The number of benzene rings is 2. The quantitative estimate of drug-likeness (QED) is 0.348. The molecule has 0 atom stereocenters. The first-order valence-corrected chi connectivity index (χ1v) is 11.9. The van der Waals surface area contributed by atoms with Crippen LogP contribution in [0.4, 0.5) is 5.13 Å². The Labute approximate surface area is 191 Å². The Morgan fingerprint density at radius 3 is 2.94 bits per heavy atom. The van der Waals surface area contributed by atoms with Gasteiger partial charge >= 0.3 is 0 Å². The fourth-order valence-corrected chi connectivity index (χ4v) is 5.37. The van der Waals surface area contributed by atoms with Crippen LogP contribution in [0.2, 0.25) is 0 Å². The van der Waals surface area contributed by atoms with Gasteiger partial charge in [0.25, 0.3) is 0 Å². The fourth-order valence-electron chi connectivity index (χ4n) is 4.43. The van der Waals surface area contributed by atoms with Gasteiger partial charge in [-0.3, -0.25) is 10.1 Å². The van der Waals surface area contributed by atoms with Crippen molar-refractivity contribution in [3.63, 3.8) is 0 Å². The summed E-state index contributed by atoms with van der Waals surface area (Å²) >= 11 is 1.48. The monoisotopic (exact) mass is 446 g/mol. The molecular weight excluding hydrogens is 420 g/mol. The molecule has 6 heteroatoms. The number of para-hydroxylation sites is 1. The number of carbonyl (C=O) groups is 1. The van der Waals surface area contributed by atoms with Crippen LogP contribution in [0.1, 0.15) is 49.1 Å². The summed E-state index contributed by atoms with van der Waals surface area (Å²) in [5, 5.41) is 4.66. The summed E-state index contributed by atoms with van der Waals surface area (Å²) in [6, 6.07) is 10.1. The molecule has 0 aliphatic heterocycles. The van der Waals surface area contributed by atoms with E-state index in [1.54, 1.807) is 6.08 Å². The third-order valence-electron chi connectivity index (χ3n) is 5.98. The summed E-state index contributed by atoms with van der Waals surface area (Å²) in [6.45, 7) is 6.47. The maximum Gasteiger partial charge on any atom is 0.250 e. The van der Waals surface area contributed by atoms with Gasteiger partial charge in [0, 0.05) is 35.1 Å². The van der Waals surface area contributed by atoms with Crippen LogP contribution in [0.25, 0.3) is 26.8 Å². The molecule has 1 aliphatic rings. The molecule has 32 heavy (non-hydrogen) atoms. The van der Waals surface area contributed by atoms with Crippen molar-refractivity contribution in [2.24, 2.45) is 0 Å². The van der Waals surface area contributed by atoms with E-state index >= 15 is 0 Å². The van der Waals surface area contributed by atoms with Crippen LogP contribution in [0.15, 0.2) is 40.8 Å². The zero-order valence-corrected chi connectivity index (χ0v) is 19.4. The van der Waals surface area contributed by atoms with Gasteiger partial charge in [-0.25, -0.2) is 4.98 Å². The van der Waals surface area contributed by atoms with Crippen LogP contribution in [0, 0.1) is 6.92 Å². The number of aromatic nitrogens is 1. The Balaban J connectivity index is 1.47. The van der Waals surface area contributed by atoms with Gasteiger partial charge in [-0.1, -0.05) is 23.5 Å². The Hall–Kier alpha value is -3.12. The smallest absolute Gasteiger partial charge is 0.250 e. The van der Waals surface area contributed by atoms with Crippen LogP contribution in [0.3, 0.4) is 0 Å². The zero-order chi connectivity index (χ0) is 22.2. The van der Waals surface area contributed by atoms with E-state index in [4.69, 9.17) is 9.15 Å². The number of nitrogens with one attached hydrogen (secondary N) is 1. The van der Waals surface area contributed by atoms with Gasteiger partial charge in [-0.15, -0.1) is 0 Å². The summed E-state index contributed by atoms with van der Waals surface area (Å²) in [7, 11) is 0. The van der Waals surface area contributed by atoms with Crippen LogP contribution in [-0.4, -0.2) is 17.5 Å². The molecule has 2 aromatic carbocycles. The Bertz CT molecular complexity index is 1360. The molecular formula is C26H26N2O3S. The van der Waals surface area contributed by atoms with E-state index in [1.807, 2.05) is 45.0 Å². The molecule has 1 amide bonds. The fraction of sp³-hybridized carbons (Fsp3) is 0.308. The van der Waals surface area contributed by atoms with Gasteiger partial charge in [0.05, 0.1) is 16.8 Å². The van der Waals surface area contributed by atoms with Crippen LogP contribution in [0.5, 0.6) is 5.75 Å². The van der Waals surface area contributed by atoms with Gasteiger partial charge in [-0.05, 0) is 63.3 Å². The van der Waals surface area contributed by atoms with Crippen molar-refractivity contribution in [1.82, 2.24) is 4.98 Å². The Morgan fingerprint density at radius 2 is 2.12 bits per heavy atom. The van der Waals surface area contributed by atoms with Crippen molar-refractivity contribution in [2.45, 2.75) is 46.5 Å². The minimum atomic E-state index is -0.198. The van der Waals surface area contributed by atoms with E-state index in [0.29, 0.717) is 11.7 Å². The number of amides is 1. The lowest BCUT2D eigenvalue weighted by molar-refractivity contribution is -0.111. The maximum atomic E-state index is 12.8. The Morgan fingerprint density at radius 1 is 1.28 bits per heavy atom. The molecule has 5 nitrogen and oxygen atoms in total. The van der Waals surface area contributed by atoms with Crippen LogP contribution in [-0.2, 0) is 17.6 Å². The van der Waals surface area contributed by atoms with E-state index in [9.17, 15) is 4.79 Å². The standard InChI is InChI=1S/C26H26N2O3S/c1-4-30-21-14-22-19(17-9-5-6-10-20(17)31-22)13-18(21)16(3)12-24(29)27-26-28-25-15(2)8-7-11-23(25)32-26/h7-8,11-14H,4-6,9-10H2,1-3H3,(H,27,28,29)/b16-12+. The van der Waals surface area contributed by atoms with E-state index in [0.717, 1.165) is 62.2 Å². The molecule has 0 saturated carbocycles. The van der Waals surface area contributed by atoms with Crippen molar-refractivity contribution >= 4 is 49.1 Å². The first kappa shape index (κ1) is 20.8. The molecule has 1 N–H and O–H groups in total. The van der Waals surface area contributed by atoms with Crippen molar-refractivity contribution in [3.8, 4) is 5.75 Å². The molecule has 2 aromatic heterocycles. The second kappa shape index (κ2) is 8.43. The average Bonchev–Trinajstić information content (AvgIpc) is 3.34. The summed E-state index contributed by atoms with van der Waals surface area (Å²) in [4.78, 5) is 17.4. The molecule has 5 rings (SSSR count). The summed E-state index contributed by atoms with van der Waals surface area (Å²) in [5.41, 5.74) is 5.97. The molecule has 0 radical (unpaired) electrons. The van der Waals surface area contributed by atoms with Gasteiger partial charge < -0.3 is 9.15 Å². The minimum Gasteiger partial charge on any atom is -0.493 e. The summed E-state index contributed by atoms with van der Waals surface area (Å²) < 4.78 is 13.1. The lowest BCUT2D eigenvalue weighted by Crippen LogP contribution is -2.08. The number of hydrogen-bond donors (Lipinski definition) is 1. The number of hydrogen-bond acceptors (Lipinski definition) is 5. The number of ether oxygens (including phenoxy) is 1. The number of anilines is 1. The number of fused-ring (bicyclic) bond motifs is 4. The summed E-state index contributed by atoms with van der Waals surface area (Å²) in [6.07, 6.45) is 6.00. The van der Waals surface area contributed by atoms with E-state index in [-0.39, 0.29) is 5.91 Å². The second-order valence-corrected chi connectivity index (χ2v) is 9.28. The summed E-state index contributed by atoms with van der Waals surface area (Å²) in [5.74, 6) is 1.63. The van der Waals surface area contributed by atoms with E-state index in [2.05, 4.69) is 16.4 Å². The minimum absolute atomic E-state index is 0.198. The number of carbonyl (C=O) groups excluding carboxylic acids is 1. The predicted octanol–water partition coefficient (Wildman–Crippen LogP) is 6.67. The normalized spacial score (nSPS) is 14.0. The molecule has 2 heterocycles. The van der Waals surface area contributed by atoms with Gasteiger partial charge in [-0.2, -0.15) is 0 Å². The van der Waals surface area contributed by atoms with E-state index in [1.165, 1.54) is 29.7 Å². The third-order valence-corrected chi connectivity index (χ3v) is 6.92. The molecule has 4 aromatic rings. The highest BCUT2D eigenvalue weighted by atomic mass is 32.1. The number of allylic oxidation sites excluding steroid dienone is 1. The number of nitrogens with zero attached hydrogens (tertiary/aromatic N) is 1. The average molecular weight is 447 g/mol. The number of aryl methyl sites for hydroxylation is 3. The highest BCUT2D eigenvalue weighted by molar-refractivity contribution is 7.22. The first-order chi connectivity index (χ1) is 15.5. The van der Waals surface area contributed by atoms with Crippen LogP contribution < -0.4 is 10.1 Å². The SMILES string of the molecule is CCOc1cc2oc3c(c2cc1/C(C)=C/C(=O)Nc1nc2c(C)cccc2s1)CCCC3. The highest BCUT2D eigenvalue weighted by Gasteiger charge is 2.20. The predicted molar refractivity (Wildman–Crippen MR) is 131 cm³/mol. The Kier molecular flexibility index (Phi) is 5.47. The topological polar surface area (TPSA) is 64.4 Å². The van der Waals surface area contributed by atoms with Crippen molar-refractivity contribution in [3.05, 3.63) is 58.9 Å². The van der Waals surface area contributed by atoms with Gasteiger partial charge in [0.15, 0.2) is 5.13 Å². The maximum absolute atomic E-state index is 12.8. The van der Waals surface area contributed by atoms with Gasteiger partial charge in [0.2, 0.25) is 5.91 Å². The first-order valence-electron chi connectivity index (χ1n) is 11.1. The molecule has 0 bridgehead atoms. The van der Waals surface area contributed by atoms with Crippen molar-refractivity contribution < 1.29 is 13.9 Å². The third kappa shape index (κ3) is 3.79. The molecule has 164 valence electrons. The number of thiazole rings is 1. The molecule has 1 aliphatic carbocycles. The number of rotatable bonds is 5. The molecule has 0 fully saturated rings. The lowest BCUT2D eigenvalue weighted by atomic mass is 9.94. The lowest BCUT2D eigenvalue weighted by Gasteiger charge is -2.12. The van der Waals surface area contributed by atoms with Crippen LogP contribution >= 0.6 is 11.3 Å². The van der Waals surface area contributed by atoms with Crippen molar-refractivity contribution in [1.29, 1.82) is 0 Å².